The van der Waals surface area contributed by atoms with Crippen LogP contribution in [0.4, 0.5) is 18.0 Å². The van der Waals surface area contributed by atoms with E-state index in [9.17, 15) is 22.8 Å². The van der Waals surface area contributed by atoms with Crippen molar-refractivity contribution in [1.29, 1.82) is 0 Å². The quantitative estimate of drug-likeness (QED) is 0.641. The van der Waals surface area contributed by atoms with Gasteiger partial charge in [-0.2, -0.15) is 18.3 Å². The predicted molar refractivity (Wildman–Crippen MR) is 94.8 cm³/mol. The molecule has 1 heterocycles. The zero-order valence-electron chi connectivity index (χ0n) is 14.9. The van der Waals surface area contributed by atoms with Crippen molar-refractivity contribution in [2.75, 3.05) is 7.11 Å². The summed E-state index contributed by atoms with van der Waals surface area (Å²) in [7, 11) is 1.50. The Hall–Kier alpha value is -3.36. The highest BCUT2D eigenvalue weighted by Crippen LogP contribution is 2.31. The number of urea groups is 1. The van der Waals surface area contributed by atoms with Crippen LogP contribution in [0.1, 0.15) is 23.6 Å². The van der Waals surface area contributed by atoms with Crippen LogP contribution in [0.2, 0.25) is 0 Å². The molecule has 3 amide bonds. The summed E-state index contributed by atoms with van der Waals surface area (Å²) in [6, 6.07) is 10.2. The average molecular weight is 391 g/mol. The molecule has 0 aromatic heterocycles. The fourth-order valence-corrected chi connectivity index (χ4v) is 2.77. The monoisotopic (exact) mass is 391 g/mol. The second-order valence-corrected chi connectivity index (χ2v) is 6.27. The number of carbonyl (C=O) groups is 2. The number of hydrazone groups is 1. The third-order valence-corrected chi connectivity index (χ3v) is 4.37. The van der Waals surface area contributed by atoms with Crippen LogP contribution in [0.15, 0.2) is 53.6 Å². The predicted octanol–water partition coefficient (Wildman–Crippen LogP) is 3.52. The van der Waals surface area contributed by atoms with E-state index >= 15 is 0 Å². The molecule has 9 heteroatoms. The maximum atomic E-state index is 12.8. The van der Waals surface area contributed by atoms with Crippen molar-refractivity contribution < 1.29 is 27.5 Å². The van der Waals surface area contributed by atoms with Crippen LogP contribution < -0.4 is 10.1 Å². The number of benzene rings is 2. The molecular weight excluding hydrogens is 375 g/mol. The van der Waals surface area contributed by atoms with Crippen molar-refractivity contribution in [2.24, 2.45) is 5.10 Å². The van der Waals surface area contributed by atoms with Gasteiger partial charge in [-0.05, 0) is 42.3 Å². The number of ether oxygens (including phenoxy) is 1. The van der Waals surface area contributed by atoms with Crippen LogP contribution in [0.3, 0.4) is 0 Å². The zero-order chi connectivity index (χ0) is 20.5. The minimum absolute atomic E-state index is 0.105. The molecule has 28 heavy (non-hydrogen) atoms. The van der Waals surface area contributed by atoms with E-state index in [1.54, 1.807) is 24.3 Å². The molecule has 0 spiro atoms. The lowest BCUT2D eigenvalue weighted by molar-refractivity contribution is -0.137. The molecule has 2 aromatic carbocycles. The summed E-state index contributed by atoms with van der Waals surface area (Å²) in [5, 5.41) is 6.95. The van der Waals surface area contributed by atoms with Gasteiger partial charge in [-0.3, -0.25) is 4.79 Å². The number of carbonyl (C=O) groups excluding carboxylic acids is 2. The number of halogens is 3. The molecule has 0 bridgehead atoms. The minimum atomic E-state index is -4.50. The molecule has 0 aliphatic carbocycles. The van der Waals surface area contributed by atoms with Gasteiger partial charge in [0, 0.05) is 0 Å². The molecule has 1 N–H and O–H groups in total. The third-order valence-electron chi connectivity index (χ3n) is 4.37. The first-order valence-corrected chi connectivity index (χ1v) is 8.17. The summed E-state index contributed by atoms with van der Waals surface area (Å²) in [5.74, 6) is -0.0607. The van der Waals surface area contributed by atoms with Crippen LogP contribution >= 0.6 is 0 Å². The van der Waals surface area contributed by atoms with Crippen molar-refractivity contribution in [3.63, 3.8) is 0 Å². The van der Waals surface area contributed by atoms with Gasteiger partial charge in [-0.1, -0.05) is 24.3 Å². The molecule has 1 atom stereocenters. The summed E-state index contributed by atoms with van der Waals surface area (Å²) in [5.41, 5.74) is -1.58. The first-order chi connectivity index (χ1) is 13.1. The summed E-state index contributed by atoms with van der Waals surface area (Å²) in [6.07, 6.45) is -3.47. The first kappa shape index (κ1) is 19.4. The number of rotatable bonds is 4. The van der Waals surface area contributed by atoms with Gasteiger partial charge >= 0.3 is 12.2 Å². The number of hydrogen-bond acceptors (Lipinski definition) is 4. The number of amides is 3. The molecule has 6 nitrogen and oxygen atoms in total. The minimum Gasteiger partial charge on any atom is -0.497 e. The number of hydrogen-bond donors (Lipinski definition) is 1. The Kier molecular flexibility index (Phi) is 4.84. The Morgan fingerprint density at radius 2 is 1.82 bits per heavy atom. The van der Waals surface area contributed by atoms with Crippen LogP contribution in [0.25, 0.3) is 0 Å². The summed E-state index contributed by atoms with van der Waals surface area (Å²) >= 11 is 0. The Morgan fingerprint density at radius 1 is 1.14 bits per heavy atom. The lowest BCUT2D eigenvalue weighted by Crippen LogP contribution is -2.40. The number of methoxy groups -OCH3 is 1. The van der Waals surface area contributed by atoms with E-state index in [1.807, 2.05) is 0 Å². The Morgan fingerprint density at radius 3 is 2.43 bits per heavy atom. The lowest BCUT2D eigenvalue weighted by atomic mass is 9.92. The Balaban J connectivity index is 1.85. The fourth-order valence-electron chi connectivity index (χ4n) is 2.77. The smallest absolute Gasteiger partial charge is 0.416 e. The maximum Gasteiger partial charge on any atom is 0.416 e. The van der Waals surface area contributed by atoms with E-state index in [0.29, 0.717) is 16.3 Å². The number of nitrogens with one attached hydrogen (secondary N) is 1. The van der Waals surface area contributed by atoms with Crippen molar-refractivity contribution >= 4 is 18.2 Å². The van der Waals surface area contributed by atoms with E-state index in [0.717, 1.165) is 18.3 Å². The number of alkyl halides is 3. The second-order valence-electron chi connectivity index (χ2n) is 6.27. The van der Waals surface area contributed by atoms with Crippen molar-refractivity contribution in [1.82, 2.24) is 10.3 Å². The van der Waals surface area contributed by atoms with Crippen LogP contribution in [-0.4, -0.2) is 30.3 Å². The van der Waals surface area contributed by atoms with E-state index < -0.39 is 29.2 Å². The highest BCUT2D eigenvalue weighted by atomic mass is 19.4. The van der Waals surface area contributed by atoms with Crippen molar-refractivity contribution in [3.8, 4) is 5.75 Å². The summed E-state index contributed by atoms with van der Waals surface area (Å²) < 4.78 is 43.5. The van der Waals surface area contributed by atoms with Gasteiger partial charge in [0.25, 0.3) is 5.91 Å². The van der Waals surface area contributed by atoms with Gasteiger partial charge < -0.3 is 10.1 Å². The molecule has 1 aliphatic heterocycles. The molecule has 1 fully saturated rings. The molecule has 3 rings (SSSR count). The largest absolute Gasteiger partial charge is 0.497 e. The SMILES string of the molecule is COc1ccc([C@@]2(C)NC(=O)N(/N=C\c3cccc(C(F)(F)F)c3)C2=O)cc1. The van der Waals surface area contributed by atoms with Crippen molar-refractivity contribution in [2.45, 2.75) is 18.6 Å². The van der Waals surface area contributed by atoms with E-state index in [2.05, 4.69) is 10.4 Å². The molecule has 146 valence electrons. The van der Waals surface area contributed by atoms with Crippen LogP contribution in [0, 0.1) is 0 Å². The molecule has 0 unspecified atom stereocenters. The van der Waals surface area contributed by atoms with Crippen LogP contribution in [-0.2, 0) is 16.5 Å². The molecular formula is C19H16F3N3O3. The molecule has 0 saturated carbocycles. The van der Waals surface area contributed by atoms with E-state index in [-0.39, 0.29) is 5.56 Å². The second kappa shape index (κ2) is 6.99. The third kappa shape index (κ3) is 3.55. The zero-order valence-corrected chi connectivity index (χ0v) is 14.9. The molecule has 0 radical (unpaired) electrons. The topological polar surface area (TPSA) is 71.0 Å². The normalized spacial score (nSPS) is 20.0. The Bertz CT molecular complexity index is 941. The van der Waals surface area contributed by atoms with Gasteiger partial charge in [0.2, 0.25) is 0 Å². The first-order valence-electron chi connectivity index (χ1n) is 8.17. The number of nitrogens with zero attached hydrogens (tertiary/aromatic N) is 2. The highest BCUT2D eigenvalue weighted by molar-refractivity contribution is 6.07. The van der Waals surface area contributed by atoms with E-state index in [1.165, 1.54) is 26.2 Å². The van der Waals surface area contributed by atoms with E-state index in [4.69, 9.17) is 4.74 Å². The standard InChI is InChI=1S/C19H16F3N3O3/c1-18(13-6-8-15(28-2)9-7-13)16(26)25(17(27)24-18)23-11-12-4-3-5-14(10-12)19(20,21)22/h3-11H,1-2H3,(H,24,27)/b23-11-/t18-/m1/s1. The Labute approximate surface area is 158 Å². The van der Waals surface area contributed by atoms with Crippen molar-refractivity contribution in [3.05, 3.63) is 65.2 Å². The average Bonchev–Trinajstić information content (AvgIpc) is 2.89. The fraction of sp³-hybridized carbons (Fsp3) is 0.211. The molecule has 1 saturated heterocycles. The van der Waals surface area contributed by atoms with Gasteiger partial charge in [0.1, 0.15) is 11.3 Å². The van der Waals surface area contributed by atoms with Gasteiger partial charge in [-0.25, -0.2) is 4.79 Å². The van der Waals surface area contributed by atoms with Crippen LogP contribution in [0.5, 0.6) is 5.75 Å². The van der Waals surface area contributed by atoms with Gasteiger partial charge in [0.15, 0.2) is 0 Å². The summed E-state index contributed by atoms with van der Waals surface area (Å²) in [4.78, 5) is 25.0. The van der Waals surface area contributed by atoms with Gasteiger partial charge in [-0.15, -0.1) is 5.01 Å². The number of imide groups is 1. The summed E-state index contributed by atoms with van der Waals surface area (Å²) in [6.45, 7) is 1.52. The lowest BCUT2D eigenvalue weighted by Gasteiger charge is -2.21. The molecule has 2 aromatic rings. The maximum absolute atomic E-state index is 12.8. The molecule has 1 aliphatic rings. The highest BCUT2D eigenvalue weighted by Gasteiger charge is 2.49. The van der Waals surface area contributed by atoms with Gasteiger partial charge in [0.05, 0.1) is 18.9 Å².